The Hall–Kier alpha value is -2.42. The first-order chi connectivity index (χ1) is 8.06. The molecule has 17 heavy (non-hydrogen) atoms. The molecule has 0 saturated carbocycles. The molecule has 8 nitrogen and oxygen atoms in total. The number of hydrogen-bond donors (Lipinski definition) is 3. The third-order valence-electron chi connectivity index (χ3n) is 1.86. The monoisotopic (exact) mass is 252 g/mol. The second kappa shape index (κ2) is 4.22. The summed E-state index contributed by atoms with van der Waals surface area (Å²) in [5, 5.41) is 31.0. The summed E-state index contributed by atoms with van der Waals surface area (Å²) in [6, 6.07) is 3.65. The Morgan fingerprint density at radius 1 is 1.35 bits per heavy atom. The SMILES string of the molecule is O=C(Nc1nnn([S])n1)c1ccc(O)c(O)c1. The van der Waals surface area contributed by atoms with Crippen molar-refractivity contribution in [1.29, 1.82) is 0 Å². The van der Waals surface area contributed by atoms with Crippen LogP contribution in [0.3, 0.4) is 0 Å². The zero-order valence-electron chi connectivity index (χ0n) is 8.23. The van der Waals surface area contributed by atoms with Gasteiger partial charge in [-0.05, 0) is 23.4 Å². The Balaban J connectivity index is 2.17. The van der Waals surface area contributed by atoms with Crippen molar-refractivity contribution in [2.45, 2.75) is 0 Å². The van der Waals surface area contributed by atoms with Crippen LogP contribution in [-0.4, -0.2) is 35.7 Å². The molecule has 0 spiro atoms. The van der Waals surface area contributed by atoms with E-state index in [0.717, 1.165) is 10.3 Å². The number of phenols is 2. The topological polar surface area (TPSA) is 113 Å². The summed E-state index contributed by atoms with van der Waals surface area (Å²) >= 11 is 4.55. The number of hydrogen-bond acceptors (Lipinski definition) is 6. The van der Waals surface area contributed by atoms with Gasteiger partial charge in [0.2, 0.25) is 0 Å². The molecular formula is C8H6N5O3S. The highest BCUT2D eigenvalue weighted by atomic mass is 32.1. The number of aromatic hydroxyl groups is 2. The molecule has 0 aliphatic carbocycles. The number of aromatic nitrogens is 4. The number of anilines is 1. The number of nitrogens with zero attached hydrogens (tertiary/aromatic N) is 4. The number of carbonyl (C=O) groups is 1. The van der Waals surface area contributed by atoms with Crippen molar-refractivity contribution >= 4 is 24.7 Å². The van der Waals surface area contributed by atoms with E-state index in [1.165, 1.54) is 12.1 Å². The van der Waals surface area contributed by atoms with Crippen LogP contribution in [0, 0.1) is 0 Å². The molecule has 1 radical (unpaired) electrons. The van der Waals surface area contributed by atoms with E-state index in [-0.39, 0.29) is 17.3 Å². The Bertz CT molecular complexity index is 570. The Kier molecular flexibility index (Phi) is 2.75. The van der Waals surface area contributed by atoms with Gasteiger partial charge < -0.3 is 10.2 Å². The largest absolute Gasteiger partial charge is 0.504 e. The number of nitrogens with one attached hydrogen (secondary N) is 1. The van der Waals surface area contributed by atoms with Crippen molar-refractivity contribution in [3.63, 3.8) is 0 Å². The minimum atomic E-state index is -0.552. The van der Waals surface area contributed by atoms with Gasteiger partial charge in [0.05, 0.1) is 12.8 Å². The third-order valence-corrected chi connectivity index (χ3v) is 2.01. The first-order valence-corrected chi connectivity index (χ1v) is 4.73. The first kappa shape index (κ1) is 11.1. The van der Waals surface area contributed by atoms with Crippen LogP contribution in [0.1, 0.15) is 10.4 Å². The normalized spacial score (nSPS) is 10.1. The molecule has 2 aromatic rings. The average molecular weight is 252 g/mol. The standard InChI is InChI=1S/C8H6N5O3S/c14-5-2-1-4(3-6(5)15)7(16)9-8-10-12-13(17)11-8/h1-3,14-15H,(H,9,11,16). The fourth-order valence-electron chi connectivity index (χ4n) is 1.09. The smallest absolute Gasteiger partial charge is 0.271 e. The van der Waals surface area contributed by atoms with Crippen LogP contribution in [0.2, 0.25) is 0 Å². The molecule has 2 rings (SSSR count). The fraction of sp³-hybridized carbons (Fsp3) is 0. The van der Waals surface area contributed by atoms with E-state index >= 15 is 0 Å². The van der Waals surface area contributed by atoms with Crippen molar-refractivity contribution in [2.75, 3.05) is 5.32 Å². The summed E-state index contributed by atoms with van der Waals surface area (Å²) in [4.78, 5) is 11.6. The number of phenolic OH excluding ortho intramolecular Hbond substituents is 2. The predicted molar refractivity (Wildman–Crippen MR) is 58.5 cm³/mol. The molecule has 0 atom stereocenters. The lowest BCUT2D eigenvalue weighted by Crippen LogP contribution is -2.13. The number of tetrazole rings is 1. The van der Waals surface area contributed by atoms with Crippen LogP contribution in [0.25, 0.3) is 0 Å². The van der Waals surface area contributed by atoms with Gasteiger partial charge in [-0.25, -0.2) is 0 Å². The van der Waals surface area contributed by atoms with Gasteiger partial charge in [0.25, 0.3) is 11.9 Å². The predicted octanol–water partition coefficient (Wildman–Crippen LogP) is 0.297. The molecule has 0 bridgehead atoms. The van der Waals surface area contributed by atoms with Gasteiger partial charge >= 0.3 is 0 Å². The van der Waals surface area contributed by atoms with Crippen LogP contribution in [0.5, 0.6) is 11.5 Å². The van der Waals surface area contributed by atoms with Gasteiger partial charge in [-0.3, -0.25) is 10.1 Å². The van der Waals surface area contributed by atoms with Crippen LogP contribution >= 0.6 is 12.8 Å². The Labute approximate surface area is 100 Å². The number of amides is 1. The minimum Gasteiger partial charge on any atom is -0.504 e. The molecule has 9 heteroatoms. The highest BCUT2D eigenvalue weighted by Crippen LogP contribution is 2.24. The lowest BCUT2D eigenvalue weighted by molar-refractivity contribution is 0.102. The van der Waals surface area contributed by atoms with Crippen LogP contribution < -0.4 is 5.32 Å². The molecule has 1 aromatic carbocycles. The number of carbonyl (C=O) groups excluding carboxylic acids is 1. The third kappa shape index (κ3) is 2.39. The van der Waals surface area contributed by atoms with Crippen LogP contribution in [0.15, 0.2) is 18.2 Å². The quantitative estimate of drug-likeness (QED) is 0.662. The molecular weight excluding hydrogens is 246 g/mol. The van der Waals surface area contributed by atoms with E-state index in [1.807, 2.05) is 0 Å². The van der Waals surface area contributed by atoms with Crippen molar-refractivity contribution in [3.05, 3.63) is 23.8 Å². The van der Waals surface area contributed by atoms with E-state index in [1.54, 1.807) is 0 Å². The Morgan fingerprint density at radius 3 is 2.71 bits per heavy atom. The zero-order valence-corrected chi connectivity index (χ0v) is 9.05. The lowest BCUT2D eigenvalue weighted by atomic mass is 10.2. The van der Waals surface area contributed by atoms with Crippen molar-refractivity contribution in [3.8, 4) is 11.5 Å². The molecule has 0 unspecified atom stereocenters. The first-order valence-electron chi connectivity index (χ1n) is 4.37. The second-order valence-corrected chi connectivity index (χ2v) is 3.35. The Morgan fingerprint density at radius 2 is 2.12 bits per heavy atom. The molecule has 1 aromatic heterocycles. The molecule has 0 aliphatic heterocycles. The maximum atomic E-state index is 11.6. The van der Waals surface area contributed by atoms with Crippen LogP contribution in [-0.2, 0) is 0 Å². The van der Waals surface area contributed by atoms with Crippen molar-refractivity contribution < 1.29 is 15.0 Å². The van der Waals surface area contributed by atoms with Gasteiger partial charge in [-0.2, -0.15) is 0 Å². The van der Waals surface area contributed by atoms with Gasteiger partial charge in [0.1, 0.15) is 0 Å². The molecule has 1 amide bonds. The van der Waals surface area contributed by atoms with E-state index in [4.69, 9.17) is 5.11 Å². The summed E-state index contributed by atoms with van der Waals surface area (Å²) in [7, 11) is 0. The maximum Gasteiger partial charge on any atom is 0.271 e. The van der Waals surface area contributed by atoms with E-state index in [0.29, 0.717) is 0 Å². The van der Waals surface area contributed by atoms with E-state index in [9.17, 15) is 9.90 Å². The molecule has 3 N–H and O–H groups in total. The molecule has 87 valence electrons. The van der Waals surface area contributed by atoms with Crippen molar-refractivity contribution in [1.82, 2.24) is 19.6 Å². The molecule has 0 fully saturated rings. The van der Waals surface area contributed by atoms with E-state index < -0.39 is 11.7 Å². The van der Waals surface area contributed by atoms with Gasteiger partial charge in [-0.1, -0.05) is 14.4 Å². The zero-order chi connectivity index (χ0) is 12.4. The second-order valence-electron chi connectivity index (χ2n) is 3.02. The summed E-state index contributed by atoms with van der Waals surface area (Å²) in [5.74, 6) is -1.30. The fourth-order valence-corrected chi connectivity index (χ4v) is 1.20. The van der Waals surface area contributed by atoms with Gasteiger partial charge in [0, 0.05) is 5.56 Å². The maximum absolute atomic E-state index is 11.6. The number of rotatable bonds is 2. The van der Waals surface area contributed by atoms with Crippen LogP contribution in [0.4, 0.5) is 5.95 Å². The summed E-state index contributed by atoms with van der Waals surface area (Å²) in [6.45, 7) is 0. The molecule has 0 saturated heterocycles. The number of benzene rings is 1. The summed E-state index contributed by atoms with van der Waals surface area (Å²) in [5.41, 5.74) is 0.140. The van der Waals surface area contributed by atoms with Crippen molar-refractivity contribution in [2.24, 2.45) is 0 Å². The van der Waals surface area contributed by atoms with Gasteiger partial charge in [-0.15, -0.1) is 0 Å². The molecule has 1 heterocycles. The highest BCUT2D eigenvalue weighted by Gasteiger charge is 2.11. The summed E-state index contributed by atoms with van der Waals surface area (Å²) in [6.07, 6.45) is 0. The summed E-state index contributed by atoms with van der Waals surface area (Å²) < 4.78 is 0.782. The van der Waals surface area contributed by atoms with Gasteiger partial charge in [0.15, 0.2) is 11.5 Å². The highest BCUT2D eigenvalue weighted by molar-refractivity contribution is 7.78. The minimum absolute atomic E-state index is 0.0439. The average Bonchev–Trinajstić information content (AvgIpc) is 2.68. The van der Waals surface area contributed by atoms with E-state index in [2.05, 4.69) is 33.5 Å². The molecule has 0 aliphatic rings. The lowest BCUT2D eigenvalue weighted by Gasteiger charge is -2.02.